The van der Waals surface area contributed by atoms with E-state index < -0.39 is 0 Å². The monoisotopic (exact) mass is 341 g/mol. The van der Waals surface area contributed by atoms with E-state index in [-0.39, 0.29) is 5.91 Å². The van der Waals surface area contributed by atoms with Crippen molar-refractivity contribution < 1.29 is 9.69 Å². The van der Waals surface area contributed by atoms with Gasteiger partial charge in [0.1, 0.15) is 6.54 Å². The molecular formula is C20H25N2OS+. The van der Waals surface area contributed by atoms with E-state index in [4.69, 9.17) is 0 Å². The van der Waals surface area contributed by atoms with Crippen molar-refractivity contribution in [3.63, 3.8) is 0 Å². The van der Waals surface area contributed by atoms with Crippen molar-refractivity contribution in [1.82, 2.24) is 4.90 Å². The van der Waals surface area contributed by atoms with Crippen molar-refractivity contribution in [2.75, 3.05) is 32.4 Å². The Balaban J connectivity index is 1.55. The van der Waals surface area contributed by atoms with Crippen molar-refractivity contribution in [2.45, 2.75) is 18.4 Å². The summed E-state index contributed by atoms with van der Waals surface area (Å²) in [5.74, 6) is 0.164. The molecule has 0 spiro atoms. The van der Waals surface area contributed by atoms with Crippen LogP contribution in [-0.2, 0) is 6.54 Å². The molecule has 3 nitrogen and oxygen atoms in total. The van der Waals surface area contributed by atoms with Gasteiger partial charge in [0.25, 0.3) is 5.91 Å². The normalized spacial score (nSPS) is 15.5. The lowest BCUT2D eigenvalue weighted by Crippen LogP contribution is -3.13. The van der Waals surface area contributed by atoms with Crippen molar-refractivity contribution >= 4 is 17.7 Å². The van der Waals surface area contributed by atoms with Crippen LogP contribution in [-0.4, -0.2) is 43.2 Å². The Morgan fingerprint density at radius 3 is 2.46 bits per heavy atom. The summed E-state index contributed by atoms with van der Waals surface area (Å²) in [5, 5.41) is 0. The number of piperazine rings is 1. The number of benzene rings is 2. The highest BCUT2D eigenvalue weighted by Crippen LogP contribution is 2.16. The van der Waals surface area contributed by atoms with Crippen LogP contribution in [0, 0.1) is 6.92 Å². The smallest absolute Gasteiger partial charge is 0.254 e. The third kappa shape index (κ3) is 4.19. The molecule has 1 fully saturated rings. The number of quaternary nitrogens is 1. The number of aryl methyl sites for hydroxylation is 1. The summed E-state index contributed by atoms with van der Waals surface area (Å²) in [6, 6.07) is 16.7. The highest BCUT2D eigenvalue weighted by molar-refractivity contribution is 7.98. The second-order valence-electron chi connectivity index (χ2n) is 6.44. The zero-order chi connectivity index (χ0) is 16.9. The molecule has 1 heterocycles. The molecule has 1 aliphatic rings. The Kier molecular flexibility index (Phi) is 5.59. The van der Waals surface area contributed by atoms with Crippen LogP contribution in [0.3, 0.4) is 0 Å². The fourth-order valence-corrected chi connectivity index (χ4v) is 3.64. The van der Waals surface area contributed by atoms with E-state index >= 15 is 0 Å². The largest absolute Gasteiger partial charge is 0.328 e. The summed E-state index contributed by atoms with van der Waals surface area (Å²) < 4.78 is 0. The van der Waals surface area contributed by atoms with Gasteiger partial charge in [0.2, 0.25) is 0 Å². The molecule has 0 bridgehead atoms. The van der Waals surface area contributed by atoms with Crippen LogP contribution in [0.15, 0.2) is 53.4 Å². The second kappa shape index (κ2) is 7.86. The summed E-state index contributed by atoms with van der Waals surface area (Å²) in [4.78, 5) is 17.4. The maximum Gasteiger partial charge on any atom is 0.254 e. The van der Waals surface area contributed by atoms with Gasteiger partial charge in [-0.25, -0.2) is 0 Å². The number of nitrogens with zero attached hydrogens (tertiary/aromatic N) is 1. The number of nitrogens with one attached hydrogen (secondary N) is 1. The Morgan fingerprint density at radius 2 is 1.83 bits per heavy atom. The van der Waals surface area contributed by atoms with Crippen LogP contribution in [0.25, 0.3) is 0 Å². The van der Waals surface area contributed by atoms with E-state index in [1.165, 1.54) is 16.0 Å². The van der Waals surface area contributed by atoms with Crippen LogP contribution in [0.1, 0.15) is 21.5 Å². The number of hydrogen-bond donors (Lipinski definition) is 1. The highest BCUT2D eigenvalue weighted by atomic mass is 32.2. The molecule has 3 rings (SSSR count). The minimum absolute atomic E-state index is 0.164. The zero-order valence-electron chi connectivity index (χ0n) is 14.4. The molecular weight excluding hydrogens is 316 g/mol. The lowest BCUT2D eigenvalue weighted by atomic mass is 10.1. The molecule has 1 amide bonds. The standard InChI is InChI=1S/C20H24N2OS/c1-16-4-3-5-17(14-16)15-21-10-12-22(13-11-21)20(23)18-6-8-19(24-2)9-7-18/h3-9,14H,10-13,15H2,1-2H3/p+1. The minimum atomic E-state index is 0.164. The van der Waals surface area contributed by atoms with Crippen molar-refractivity contribution in [3.05, 3.63) is 65.2 Å². The first-order chi connectivity index (χ1) is 11.7. The molecule has 4 heteroatoms. The molecule has 1 saturated heterocycles. The van der Waals surface area contributed by atoms with Gasteiger partial charge < -0.3 is 9.80 Å². The predicted molar refractivity (Wildman–Crippen MR) is 99.7 cm³/mol. The van der Waals surface area contributed by atoms with Gasteiger partial charge in [-0.15, -0.1) is 11.8 Å². The maximum absolute atomic E-state index is 12.6. The predicted octanol–water partition coefficient (Wildman–Crippen LogP) is 2.26. The molecule has 126 valence electrons. The molecule has 2 aromatic carbocycles. The molecule has 0 radical (unpaired) electrons. The van der Waals surface area contributed by atoms with E-state index in [0.717, 1.165) is 38.3 Å². The first kappa shape index (κ1) is 17.1. The Bertz CT molecular complexity index is 691. The number of carbonyl (C=O) groups excluding carboxylic acids is 1. The Hall–Kier alpha value is -1.78. The number of carbonyl (C=O) groups is 1. The fourth-order valence-electron chi connectivity index (χ4n) is 3.23. The van der Waals surface area contributed by atoms with Gasteiger partial charge in [0, 0.05) is 16.0 Å². The van der Waals surface area contributed by atoms with Crippen molar-refractivity contribution in [1.29, 1.82) is 0 Å². The molecule has 0 aliphatic carbocycles. The van der Waals surface area contributed by atoms with Gasteiger partial charge in [0.15, 0.2) is 0 Å². The van der Waals surface area contributed by atoms with Gasteiger partial charge >= 0.3 is 0 Å². The van der Waals surface area contributed by atoms with Gasteiger partial charge in [-0.05, 0) is 37.4 Å². The first-order valence-corrected chi connectivity index (χ1v) is 9.70. The van der Waals surface area contributed by atoms with E-state index in [9.17, 15) is 4.79 Å². The molecule has 24 heavy (non-hydrogen) atoms. The van der Waals surface area contributed by atoms with E-state index in [1.54, 1.807) is 16.7 Å². The van der Waals surface area contributed by atoms with Crippen LogP contribution in [0.4, 0.5) is 0 Å². The van der Waals surface area contributed by atoms with Crippen molar-refractivity contribution in [3.8, 4) is 0 Å². The molecule has 1 aliphatic heterocycles. The number of rotatable bonds is 4. The Morgan fingerprint density at radius 1 is 1.12 bits per heavy atom. The lowest BCUT2D eigenvalue weighted by molar-refractivity contribution is -0.917. The SMILES string of the molecule is CSc1ccc(C(=O)N2CC[NH+](Cc3cccc(C)c3)CC2)cc1. The second-order valence-corrected chi connectivity index (χ2v) is 7.32. The summed E-state index contributed by atoms with van der Waals surface area (Å²) in [5.41, 5.74) is 3.50. The van der Waals surface area contributed by atoms with E-state index in [2.05, 4.69) is 31.2 Å². The molecule has 0 saturated carbocycles. The van der Waals surface area contributed by atoms with Crippen LogP contribution < -0.4 is 4.90 Å². The zero-order valence-corrected chi connectivity index (χ0v) is 15.2. The number of amides is 1. The number of hydrogen-bond acceptors (Lipinski definition) is 2. The third-order valence-electron chi connectivity index (χ3n) is 4.63. The number of thioether (sulfide) groups is 1. The van der Waals surface area contributed by atoms with Crippen LogP contribution in [0.2, 0.25) is 0 Å². The molecule has 0 atom stereocenters. The van der Waals surface area contributed by atoms with Crippen LogP contribution >= 0.6 is 11.8 Å². The van der Waals surface area contributed by atoms with Crippen LogP contribution in [0.5, 0.6) is 0 Å². The van der Waals surface area contributed by atoms with Gasteiger partial charge in [-0.2, -0.15) is 0 Å². The quantitative estimate of drug-likeness (QED) is 0.863. The lowest BCUT2D eigenvalue weighted by Gasteiger charge is -2.32. The summed E-state index contributed by atoms with van der Waals surface area (Å²) in [7, 11) is 0. The highest BCUT2D eigenvalue weighted by Gasteiger charge is 2.24. The van der Waals surface area contributed by atoms with Gasteiger partial charge in [-0.3, -0.25) is 4.79 Å². The molecule has 1 N–H and O–H groups in total. The topological polar surface area (TPSA) is 24.8 Å². The van der Waals surface area contributed by atoms with E-state index in [0.29, 0.717) is 0 Å². The summed E-state index contributed by atoms with van der Waals surface area (Å²) >= 11 is 1.70. The third-order valence-corrected chi connectivity index (χ3v) is 5.37. The molecule has 0 unspecified atom stereocenters. The minimum Gasteiger partial charge on any atom is -0.328 e. The maximum atomic E-state index is 12.6. The van der Waals surface area contributed by atoms with Gasteiger partial charge in [0.05, 0.1) is 26.2 Å². The fraction of sp³-hybridized carbons (Fsp3) is 0.350. The van der Waals surface area contributed by atoms with Gasteiger partial charge in [-0.1, -0.05) is 29.8 Å². The average Bonchev–Trinajstić information content (AvgIpc) is 2.62. The van der Waals surface area contributed by atoms with Crippen molar-refractivity contribution in [2.24, 2.45) is 0 Å². The summed E-state index contributed by atoms with van der Waals surface area (Å²) in [6.07, 6.45) is 2.05. The van der Waals surface area contributed by atoms with E-state index in [1.807, 2.05) is 35.4 Å². The molecule has 2 aromatic rings. The first-order valence-electron chi connectivity index (χ1n) is 8.48. The Labute approximate surface area is 148 Å². The average molecular weight is 342 g/mol. The molecule has 0 aromatic heterocycles. The summed E-state index contributed by atoms with van der Waals surface area (Å²) in [6.45, 7) is 6.89.